The van der Waals surface area contributed by atoms with Crippen LogP contribution in [0, 0.1) is 0 Å². The number of hydrogen-bond donors (Lipinski definition) is 2. The maximum absolute atomic E-state index is 11.2. The normalized spacial score (nSPS) is 11.1. The van der Waals surface area contributed by atoms with E-state index in [4.69, 9.17) is 4.74 Å². The van der Waals surface area contributed by atoms with Crippen molar-refractivity contribution in [2.24, 2.45) is 0 Å². The largest absolute Gasteiger partial charge is 0.443 e. The molecule has 0 aromatic carbocycles. The van der Waals surface area contributed by atoms with Crippen LogP contribution in [0.25, 0.3) is 0 Å². The van der Waals surface area contributed by atoms with Gasteiger partial charge < -0.3 is 4.74 Å². The summed E-state index contributed by atoms with van der Waals surface area (Å²) in [4.78, 5) is 11.2. The highest BCUT2D eigenvalue weighted by Crippen LogP contribution is 2.06. The summed E-state index contributed by atoms with van der Waals surface area (Å²) in [5.41, 5.74) is 5.93. The molecule has 1 rings (SSSR count). The molecule has 0 unspecified atom stereocenters. The molecule has 15 heavy (non-hydrogen) atoms. The Hall–Kier alpha value is -1.07. The predicted molar refractivity (Wildman–Crippen MR) is 60.5 cm³/mol. The first kappa shape index (κ1) is 12.0. The number of ether oxygens (including phenoxy) is 1. The van der Waals surface area contributed by atoms with Crippen LogP contribution in [0.1, 0.15) is 26.3 Å². The molecular formula is C10H16N2O2S. The number of nitrogens with one attached hydrogen (secondary N) is 2. The van der Waals surface area contributed by atoms with Crippen LogP contribution in [-0.4, -0.2) is 11.7 Å². The average molecular weight is 228 g/mol. The zero-order valence-electron chi connectivity index (χ0n) is 9.16. The molecule has 0 atom stereocenters. The van der Waals surface area contributed by atoms with Crippen molar-refractivity contribution in [1.29, 1.82) is 0 Å². The number of carbonyl (C=O) groups excluding carboxylic acids is 1. The van der Waals surface area contributed by atoms with E-state index in [-0.39, 0.29) is 0 Å². The molecule has 84 valence electrons. The van der Waals surface area contributed by atoms with E-state index in [1.807, 2.05) is 37.6 Å². The van der Waals surface area contributed by atoms with Crippen LogP contribution < -0.4 is 10.9 Å². The first-order chi connectivity index (χ1) is 6.97. The molecule has 5 heteroatoms. The third kappa shape index (κ3) is 5.39. The maximum Gasteiger partial charge on any atom is 0.422 e. The summed E-state index contributed by atoms with van der Waals surface area (Å²) >= 11 is 1.62. The summed E-state index contributed by atoms with van der Waals surface area (Å²) in [6, 6.07) is 1.99. The molecule has 1 amide bonds. The zero-order valence-corrected chi connectivity index (χ0v) is 9.98. The minimum atomic E-state index is -0.464. The standard InChI is InChI=1S/C10H16N2O2S/c1-10(2,3)14-9(13)12-11-6-8-4-5-15-7-8/h4-5,7,11H,6H2,1-3H3,(H,12,13). The molecule has 0 aliphatic carbocycles. The fourth-order valence-corrected chi connectivity index (χ4v) is 1.58. The van der Waals surface area contributed by atoms with Gasteiger partial charge in [-0.15, -0.1) is 0 Å². The summed E-state index contributed by atoms with van der Waals surface area (Å²) in [6.45, 7) is 6.07. The Kier molecular flexibility index (Phi) is 4.11. The minimum absolute atomic E-state index is 0.460. The van der Waals surface area contributed by atoms with E-state index in [9.17, 15) is 4.79 Å². The summed E-state index contributed by atoms with van der Waals surface area (Å²) in [5, 5.41) is 4.01. The molecule has 0 radical (unpaired) electrons. The molecule has 1 heterocycles. The van der Waals surface area contributed by atoms with E-state index >= 15 is 0 Å². The van der Waals surface area contributed by atoms with E-state index in [0.717, 1.165) is 5.56 Å². The second-order valence-electron chi connectivity index (χ2n) is 4.11. The van der Waals surface area contributed by atoms with Crippen LogP contribution >= 0.6 is 11.3 Å². The van der Waals surface area contributed by atoms with Crippen molar-refractivity contribution >= 4 is 17.4 Å². The van der Waals surface area contributed by atoms with Crippen LogP contribution in [0.15, 0.2) is 16.8 Å². The zero-order chi connectivity index (χ0) is 11.3. The Labute approximate surface area is 93.6 Å². The molecule has 1 aromatic rings. The van der Waals surface area contributed by atoms with Crippen molar-refractivity contribution in [1.82, 2.24) is 10.9 Å². The summed E-state index contributed by atoms with van der Waals surface area (Å²) < 4.78 is 5.05. The second-order valence-corrected chi connectivity index (χ2v) is 4.89. The third-order valence-corrected chi connectivity index (χ3v) is 2.19. The monoisotopic (exact) mass is 228 g/mol. The van der Waals surface area contributed by atoms with Crippen LogP contribution in [0.2, 0.25) is 0 Å². The maximum atomic E-state index is 11.2. The lowest BCUT2D eigenvalue weighted by molar-refractivity contribution is 0.0497. The average Bonchev–Trinajstić information content (AvgIpc) is 2.53. The van der Waals surface area contributed by atoms with Crippen LogP contribution in [0.3, 0.4) is 0 Å². The van der Waals surface area contributed by atoms with Gasteiger partial charge >= 0.3 is 6.09 Å². The summed E-state index contributed by atoms with van der Waals surface area (Å²) in [7, 11) is 0. The lowest BCUT2D eigenvalue weighted by Crippen LogP contribution is -2.40. The summed E-state index contributed by atoms with van der Waals surface area (Å²) in [5.74, 6) is 0. The lowest BCUT2D eigenvalue weighted by Gasteiger charge is -2.19. The molecule has 0 bridgehead atoms. The van der Waals surface area contributed by atoms with E-state index in [2.05, 4.69) is 10.9 Å². The van der Waals surface area contributed by atoms with Gasteiger partial charge in [0.25, 0.3) is 0 Å². The van der Waals surface area contributed by atoms with Gasteiger partial charge in [0.05, 0.1) is 0 Å². The van der Waals surface area contributed by atoms with Crippen LogP contribution in [-0.2, 0) is 11.3 Å². The molecule has 4 nitrogen and oxygen atoms in total. The molecule has 0 saturated heterocycles. The number of hydrazine groups is 1. The predicted octanol–water partition coefficient (Wildman–Crippen LogP) is 2.28. The van der Waals surface area contributed by atoms with Gasteiger partial charge in [0.2, 0.25) is 0 Å². The van der Waals surface area contributed by atoms with Gasteiger partial charge in [-0.25, -0.2) is 10.2 Å². The highest BCUT2D eigenvalue weighted by atomic mass is 32.1. The minimum Gasteiger partial charge on any atom is -0.443 e. The van der Waals surface area contributed by atoms with Crippen molar-refractivity contribution in [3.63, 3.8) is 0 Å². The molecule has 0 fully saturated rings. The van der Waals surface area contributed by atoms with Crippen molar-refractivity contribution in [3.05, 3.63) is 22.4 Å². The molecule has 2 N–H and O–H groups in total. The first-order valence-corrected chi connectivity index (χ1v) is 5.64. The lowest BCUT2D eigenvalue weighted by atomic mass is 10.2. The fraction of sp³-hybridized carbons (Fsp3) is 0.500. The van der Waals surface area contributed by atoms with Gasteiger partial charge in [-0.2, -0.15) is 11.3 Å². The number of amides is 1. The van der Waals surface area contributed by atoms with Gasteiger partial charge in [0.1, 0.15) is 5.60 Å². The quantitative estimate of drug-likeness (QED) is 0.780. The van der Waals surface area contributed by atoms with E-state index in [0.29, 0.717) is 6.54 Å². The molecule has 1 aromatic heterocycles. The van der Waals surface area contributed by atoms with Gasteiger partial charge in [0.15, 0.2) is 0 Å². The van der Waals surface area contributed by atoms with Crippen LogP contribution in [0.4, 0.5) is 4.79 Å². The number of carbonyl (C=O) groups is 1. The highest BCUT2D eigenvalue weighted by Gasteiger charge is 2.15. The first-order valence-electron chi connectivity index (χ1n) is 4.70. The second kappa shape index (κ2) is 5.14. The van der Waals surface area contributed by atoms with Gasteiger partial charge in [-0.3, -0.25) is 5.43 Å². The van der Waals surface area contributed by atoms with Gasteiger partial charge in [-0.1, -0.05) is 0 Å². The SMILES string of the molecule is CC(C)(C)OC(=O)NNCc1ccsc1. The fourth-order valence-electron chi connectivity index (χ4n) is 0.915. The van der Waals surface area contributed by atoms with E-state index < -0.39 is 11.7 Å². The van der Waals surface area contributed by atoms with Crippen molar-refractivity contribution in [2.45, 2.75) is 32.9 Å². The number of thiophene rings is 1. The van der Waals surface area contributed by atoms with Crippen molar-refractivity contribution in [2.75, 3.05) is 0 Å². The Morgan fingerprint density at radius 3 is 2.80 bits per heavy atom. The number of hydrogen-bond acceptors (Lipinski definition) is 4. The Bertz CT molecular complexity index is 304. The summed E-state index contributed by atoms with van der Waals surface area (Å²) in [6.07, 6.45) is -0.460. The van der Waals surface area contributed by atoms with Crippen molar-refractivity contribution < 1.29 is 9.53 Å². The third-order valence-electron chi connectivity index (χ3n) is 1.46. The van der Waals surface area contributed by atoms with E-state index in [1.165, 1.54) is 0 Å². The van der Waals surface area contributed by atoms with Gasteiger partial charge in [-0.05, 0) is 43.2 Å². The molecule has 0 aliphatic heterocycles. The highest BCUT2D eigenvalue weighted by molar-refractivity contribution is 7.07. The topological polar surface area (TPSA) is 50.4 Å². The molecule has 0 spiro atoms. The van der Waals surface area contributed by atoms with Crippen molar-refractivity contribution in [3.8, 4) is 0 Å². The van der Waals surface area contributed by atoms with E-state index in [1.54, 1.807) is 11.3 Å². The Morgan fingerprint density at radius 1 is 1.53 bits per heavy atom. The molecule has 0 aliphatic rings. The molecule has 0 saturated carbocycles. The van der Waals surface area contributed by atoms with Crippen LogP contribution in [0.5, 0.6) is 0 Å². The number of rotatable bonds is 3. The Balaban J connectivity index is 2.18. The smallest absolute Gasteiger partial charge is 0.422 e. The molecular weight excluding hydrogens is 212 g/mol. The van der Waals surface area contributed by atoms with Gasteiger partial charge in [0, 0.05) is 6.54 Å². The Morgan fingerprint density at radius 2 is 2.27 bits per heavy atom.